The largest absolute Gasteiger partial charge is 0.497 e. The van der Waals surface area contributed by atoms with Crippen LogP contribution in [-0.4, -0.2) is 14.2 Å². The molecule has 2 nitrogen and oxygen atoms in total. The molecule has 19 heavy (non-hydrogen) atoms. The highest BCUT2D eigenvalue weighted by Gasteiger charge is 1.99. The van der Waals surface area contributed by atoms with Crippen LogP contribution in [0.1, 0.15) is 11.1 Å². The third-order valence-electron chi connectivity index (χ3n) is 2.57. The molecule has 2 aromatic carbocycles. The van der Waals surface area contributed by atoms with E-state index >= 15 is 0 Å². The molecule has 0 saturated heterocycles. The topological polar surface area (TPSA) is 18.5 Å². The highest BCUT2D eigenvalue weighted by atomic mass is 79.9. The van der Waals surface area contributed by atoms with Crippen molar-refractivity contribution < 1.29 is 9.47 Å². The van der Waals surface area contributed by atoms with Gasteiger partial charge in [-0.2, -0.15) is 0 Å². The van der Waals surface area contributed by atoms with Gasteiger partial charge in [0.05, 0.1) is 18.7 Å². The van der Waals surface area contributed by atoms with Gasteiger partial charge in [0, 0.05) is 11.1 Å². The van der Waals surface area contributed by atoms with Crippen LogP contribution in [-0.2, 0) is 0 Å². The van der Waals surface area contributed by atoms with Crippen molar-refractivity contribution in [1.82, 2.24) is 0 Å². The van der Waals surface area contributed by atoms with E-state index in [2.05, 4.69) is 27.8 Å². The Morgan fingerprint density at radius 3 is 2.26 bits per heavy atom. The fourth-order valence-corrected chi connectivity index (χ4v) is 2.13. The second-order valence-corrected chi connectivity index (χ2v) is 4.69. The molecule has 2 aromatic rings. The molecule has 2 rings (SSSR count). The molecule has 0 fully saturated rings. The van der Waals surface area contributed by atoms with Crippen molar-refractivity contribution >= 4 is 15.9 Å². The number of hydrogen-bond donors (Lipinski definition) is 0. The van der Waals surface area contributed by atoms with Crippen LogP contribution in [0.3, 0.4) is 0 Å². The van der Waals surface area contributed by atoms with Gasteiger partial charge in [-0.25, -0.2) is 0 Å². The second kappa shape index (κ2) is 6.31. The summed E-state index contributed by atoms with van der Waals surface area (Å²) in [5.41, 5.74) is 1.85. The summed E-state index contributed by atoms with van der Waals surface area (Å²) in [6.45, 7) is 0. The van der Waals surface area contributed by atoms with Crippen molar-refractivity contribution in [2.45, 2.75) is 0 Å². The maximum Gasteiger partial charge on any atom is 0.133 e. The van der Waals surface area contributed by atoms with Crippen LogP contribution in [0.15, 0.2) is 46.9 Å². The molecule has 3 heteroatoms. The van der Waals surface area contributed by atoms with Crippen molar-refractivity contribution in [1.29, 1.82) is 0 Å². The predicted octanol–water partition coefficient (Wildman–Crippen LogP) is 3.87. The summed E-state index contributed by atoms with van der Waals surface area (Å²) in [5.74, 6) is 7.83. The summed E-state index contributed by atoms with van der Waals surface area (Å²) < 4.78 is 11.2. The molecule has 0 radical (unpaired) electrons. The van der Waals surface area contributed by atoms with E-state index < -0.39 is 0 Å². The number of hydrogen-bond acceptors (Lipinski definition) is 2. The Morgan fingerprint density at radius 2 is 1.63 bits per heavy atom. The van der Waals surface area contributed by atoms with E-state index in [-0.39, 0.29) is 0 Å². The Hall–Kier alpha value is -1.92. The lowest BCUT2D eigenvalue weighted by atomic mass is 10.1. The summed E-state index contributed by atoms with van der Waals surface area (Å²) in [6, 6.07) is 13.4. The molecule has 0 spiro atoms. The van der Waals surface area contributed by atoms with E-state index in [1.54, 1.807) is 14.2 Å². The van der Waals surface area contributed by atoms with Crippen LogP contribution in [0.2, 0.25) is 0 Å². The van der Waals surface area contributed by atoms with E-state index in [0.717, 1.165) is 27.1 Å². The minimum absolute atomic E-state index is 0.798. The summed E-state index contributed by atoms with van der Waals surface area (Å²) in [4.78, 5) is 0. The van der Waals surface area contributed by atoms with Crippen LogP contribution >= 0.6 is 15.9 Å². The normalized spacial score (nSPS) is 9.42. The smallest absolute Gasteiger partial charge is 0.133 e. The fraction of sp³-hybridized carbons (Fsp3) is 0.125. The highest BCUT2D eigenvalue weighted by Crippen LogP contribution is 2.25. The number of methoxy groups -OCH3 is 2. The summed E-state index contributed by atoms with van der Waals surface area (Å²) in [7, 11) is 3.29. The minimum Gasteiger partial charge on any atom is -0.497 e. The summed E-state index contributed by atoms with van der Waals surface area (Å²) in [6.07, 6.45) is 0. The predicted molar refractivity (Wildman–Crippen MR) is 79.7 cm³/mol. The first-order chi connectivity index (χ1) is 9.22. The molecule has 0 aliphatic rings. The van der Waals surface area contributed by atoms with E-state index in [4.69, 9.17) is 9.47 Å². The molecule has 0 N–H and O–H groups in total. The lowest BCUT2D eigenvalue weighted by Crippen LogP contribution is -1.85. The van der Waals surface area contributed by atoms with Gasteiger partial charge in [-0.15, -0.1) is 0 Å². The Bertz CT molecular complexity index is 639. The molecule has 0 amide bonds. The SMILES string of the molecule is COc1cccc(C#Cc2ccc(OC)c(Br)c2)c1. The number of benzene rings is 2. The highest BCUT2D eigenvalue weighted by molar-refractivity contribution is 9.10. The lowest BCUT2D eigenvalue weighted by Gasteiger charge is -2.02. The Balaban J connectivity index is 2.26. The van der Waals surface area contributed by atoms with Gasteiger partial charge in [0.15, 0.2) is 0 Å². The van der Waals surface area contributed by atoms with Gasteiger partial charge in [-0.1, -0.05) is 17.9 Å². The molecular weight excluding hydrogens is 304 g/mol. The second-order valence-electron chi connectivity index (χ2n) is 3.83. The number of rotatable bonds is 2. The Labute approximate surface area is 121 Å². The molecule has 0 unspecified atom stereocenters. The summed E-state index contributed by atoms with van der Waals surface area (Å²) in [5, 5.41) is 0. The number of halogens is 1. The van der Waals surface area contributed by atoms with Crippen LogP contribution in [0.25, 0.3) is 0 Å². The molecule has 0 saturated carbocycles. The molecule has 96 valence electrons. The van der Waals surface area contributed by atoms with Gasteiger partial charge < -0.3 is 9.47 Å². The quantitative estimate of drug-likeness (QED) is 0.783. The lowest BCUT2D eigenvalue weighted by molar-refractivity contribution is 0.412. The molecular formula is C16H13BrO2. The molecule has 0 atom stereocenters. The molecule has 0 aliphatic carbocycles. The van der Waals surface area contributed by atoms with E-state index in [0.29, 0.717) is 0 Å². The zero-order chi connectivity index (χ0) is 13.7. The number of ether oxygens (including phenoxy) is 2. The van der Waals surface area contributed by atoms with Crippen molar-refractivity contribution in [3.05, 3.63) is 58.1 Å². The van der Waals surface area contributed by atoms with Gasteiger partial charge in [0.2, 0.25) is 0 Å². The van der Waals surface area contributed by atoms with E-state index in [9.17, 15) is 0 Å². The van der Waals surface area contributed by atoms with Gasteiger partial charge in [-0.3, -0.25) is 0 Å². The van der Waals surface area contributed by atoms with Crippen molar-refractivity contribution in [3.8, 4) is 23.3 Å². The first-order valence-electron chi connectivity index (χ1n) is 5.72. The standard InChI is InChI=1S/C16H13BrO2/c1-18-14-5-3-4-12(10-14)6-7-13-8-9-16(19-2)15(17)11-13/h3-5,8-11H,1-2H3. The first kappa shape index (κ1) is 13.5. The average molecular weight is 317 g/mol. The van der Waals surface area contributed by atoms with Crippen LogP contribution in [0, 0.1) is 11.8 Å². The van der Waals surface area contributed by atoms with Crippen LogP contribution in [0.4, 0.5) is 0 Å². The fourth-order valence-electron chi connectivity index (χ4n) is 1.59. The Morgan fingerprint density at radius 1 is 0.895 bits per heavy atom. The van der Waals surface area contributed by atoms with Gasteiger partial charge in [0.25, 0.3) is 0 Å². The zero-order valence-corrected chi connectivity index (χ0v) is 12.3. The maximum atomic E-state index is 5.18. The van der Waals surface area contributed by atoms with Crippen molar-refractivity contribution in [2.75, 3.05) is 14.2 Å². The zero-order valence-electron chi connectivity index (χ0n) is 10.7. The average Bonchev–Trinajstić information content (AvgIpc) is 2.45. The first-order valence-corrected chi connectivity index (χ1v) is 6.52. The van der Waals surface area contributed by atoms with Gasteiger partial charge >= 0.3 is 0 Å². The maximum absolute atomic E-state index is 5.18. The van der Waals surface area contributed by atoms with Crippen LogP contribution in [0.5, 0.6) is 11.5 Å². The molecule has 0 bridgehead atoms. The monoisotopic (exact) mass is 316 g/mol. The van der Waals surface area contributed by atoms with E-state index in [1.807, 2.05) is 42.5 Å². The van der Waals surface area contributed by atoms with E-state index in [1.165, 1.54) is 0 Å². The van der Waals surface area contributed by atoms with Crippen LogP contribution < -0.4 is 9.47 Å². The molecule has 0 heterocycles. The van der Waals surface area contributed by atoms with Gasteiger partial charge in [-0.05, 0) is 52.3 Å². The summed E-state index contributed by atoms with van der Waals surface area (Å²) >= 11 is 3.44. The minimum atomic E-state index is 0.798. The molecule has 0 aliphatic heterocycles. The van der Waals surface area contributed by atoms with Gasteiger partial charge in [0.1, 0.15) is 11.5 Å². The van der Waals surface area contributed by atoms with Crippen molar-refractivity contribution in [2.24, 2.45) is 0 Å². The van der Waals surface area contributed by atoms with Crippen molar-refractivity contribution in [3.63, 3.8) is 0 Å². The Kier molecular flexibility index (Phi) is 4.48. The third kappa shape index (κ3) is 3.52. The third-order valence-corrected chi connectivity index (χ3v) is 3.19. The molecule has 0 aromatic heterocycles.